The van der Waals surface area contributed by atoms with Crippen molar-refractivity contribution in [2.24, 2.45) is 0 Å². The molecule has 0 spiro atoms. The van der Waals surface area contributed by atoms with Gasteiger partial charge in [-0.1, -0.05) is 19.1 Å². The van der Waals surface area contributed by atoms with E-state index in [1.165, 1.54) is 7.11 Å². The molecular formula is C27H30O8. The maximum Gasteiger partial charge on any atom is 0.197 e. The Morgan fingerprint density at radius 3 is 2.43 bits per heavy atom. The maximum absolute atomic E-state index is 13.7. The Bertz CT molecular complexity index is 1190. The van der Waals surface area contributed by atoms with Crippen molar-refractivity contribution >= 4 is 5.78 Å². The highest BCUT2D eigenvalue weighted by atomic mass is 16.5. The topological polar surface area (TPSA) is 137 Å². The molecule has 0 bridgehead atoms. The lowest BCUT2D eigenvalue weighted by molar-refractivity contribution is 0.00716. The number of methoxy groups -OCH3 is 1. The molecule has 1 atom stereocenters. The Labute approximate surface area is 203 Å². The summed E-state index contributed by atoms with van der Waals surface area (Å²) < 4.78 is 10.8. The number of ketones is 1. The minimum absolute atomic E-state index is 0.0537. The van der Waals surface area contributed by atoms with Gasteiger partial charge in [0.05, 0.1) is 32.5 Å². The summed E-state index contributed by atoms with van der Waals surface area (Å²) in [4.78, 5) is 13.7. The van der Waals surface area contributed by atoms with E-state index < -0.39 is 18.5 Å². The summed E-state index contributed by atoms with van der Waals surface area (Å²) >= 11 is 0. The maximum atomic E-state index is 13.7. The SMILES string of the molecule is CCc1c(O)cc(O)c(C(=O)c2ccc(OC)c(-c3cccc(O)c3)c2)c1CCOCC(O)CO. The summed E-state index contributed by atoms with van der Waals surface area (Å²) in [5.74, 6) is -0.357. The highest BCUT2D eigenvalue weighted by molar-refractivity contribution is 6.12. The molecule has 0 aliphatic heterocycles. The summed E-state index contributed by atoms with van der Waals surface area (Å²) in [6.07, 6.45) is -0.410. The highest BCUT2D eigenvalue weighted by Crippen LogP contribution is 2.37. The van der Waals surface area contributed by atoms with E-state index in [0.717, 1.165) is 6.07 Å². The molecule has 0 aliphatic rings. The van der Waals surface area contributed by atoms with Gasteiger partial charge in [0.15, 0.2) is 5.78 Å². The zero-order valence-electron chi connectivity index (χ0n) is 19.7. The fourth-order valence-electron chi connectivity index (χ4n) is 4.01. The van der Waals surface area contributed by atoms with E-state index in [1.54, 1.807) is 42.5 Å². The van der Waals surface area contributed by atoms with Crippen LogP contribution in [-0.4, -0.2) is 64.4 Å². The van der Waals surface area contributed by atoms with E-state index in [4.69, 9.17) is 14.6 Å². The van der Waals surface area contributed by atoms with Crippen LogP contribution in [0.15, 0.2) is 48.5 Å². The molecule has 5 N–H and O–H groups in total. The average Bonchev–Trinajstić information content (AvgIpc) is 2.85. The largest absolute Gasteiger partial charge is 0.508 e. The zero-order valence-corrected chi connectivity index (χ0v) is 19.7. The van der Waals surface area contributed by atoms with Gasteiger partial charge in [-0.05, 0) is 59.9 Å². The molecule has 35 heavy (non-hydrogen) atoms. The van der Waals surface area contributed by atoms with Crippen LogP contribution in [0.25, 0.3) is 11.1 Å². The van der Waals surface area contributed by atoms with Gasteiger partial charge >= 0.3 is 0 Å². The van der Waals surface area contributed by atoms with Crippen molar-refractivity contribution in [3.63, 3.8) is 0 Å². The molecule has 0 saturated carbocycles. The first kappa shape index (κ1) is 26.0. The van der Waals surface area contributed by atoms with Gasteiger partial charge in [-0.25, -0.2) is 0 Å². The average molecular weight is 483 g/mol. The van der Waals surface area contributed by atoms with Gasteiger partial charge in [0, 0.05) is 17.2 Å². The van der Waals surface area contributed by atoms with E-state index in [-0.39, 0.29) is 48.0 Å². The smallest absolute Gasteiger partial charge is 0.197 e. The number of carbonyl (C=O) groups is 1. The monoisotopic (exact) mass is 482 g/mol. The van der Waals surface area contributed by atoms with Crippen molar-refractivity contribution in [3.8, 4) is 34.1 Å². The first-order chi connectivity index (χ1) is 16.8. The minimum atomic E-state index is -1.02. The minimum Gasteiger partial charge on any atom is -0.508 e. The summed E-state index contributed by atoms with van der Waals surface area (Å²) in [6.45, 7) is 1.41. The molecule has 3 rings (SSSR count). The summed E-state index contributed by atoms with van der Waals surface area (Å²) in [7, 11) is 1.51. The highest BCUT2D eigenvalue weighted by Gasteiger charge is 2.24. The molecule has 0 radical (unpaired) electrons. The second-order valence-electron chi connectivity index (χ2n) is 8.06. The number of phenols is 3. The Kier molecular flexibility index (Phi) is 8.70. The Morgan fingerprint density at radius 1 is 1.00 bits per heavy atom. The number of phenolic OH excluding ortho intramolecular Hbond substituents is 3. The fraction of sp³-hybridized carbons (Fsp3) is 0.296. The van der Waals surface area contributed by atoms with E-state index in [2.05, 4.69) is 0 Å². The number of ether oxygens (including phenoxy) is 2. The molecule has 0 aliphatic carbocycles. The van der Waals surface area contributed by atoms with Gasteiger partial charge < -0.3 is 35.0 Å². The predicted octanol–water partition coefficient (Wildman–Crippen LogP) is 3.18. The quantitative estimate of drug-likeness (QED) is 0.208. The van der Waals surface area contributed by atoms with Crippen LogP contribution in [0.5, 0.6) is 23.0 Å². The first-order valence-electron chi connectivity index (χ1n) is 11.3. The van der Waals surface area contributed by atoms with Crippen molar-refractivity contribution in [3.05, 3.63) is 70.8 Å². The molecule has 0 heterocycles. The number of hydrogen-bond acceptors (Lipinski definition) is 8. The molecule has 8 nitrogen and oxygen atoms in total. The fourth-order valence-corrected chi connectivity index (χ4v) is 4.01. The molecule has 8 heteroatoms. The van der Waals surface area contributed by atoms with Crippen LogP contribution in [0.4, 0.5) is 0 Å². The van der Waals surface area contributed by atoms with Gasteiger partial charge in [0.2, 0.25) is 0 Å². The number of aliphatic hydroxyl groups is 2. The third-order valence-electron chi connectivity index (χ3n) is 5.72. The number of aromatic hydroxyl groups is 3. The predicted molar refractivity (Wildman–Crippen MR) is 130 cm³/mol. The summed E-state index contributed by atoms with van der Waals surface area (Å²) in [5.41, 5.74) is 2.54. The lowest BCUT2D eigenvalue weighted by Gasteiger charge is -2.18. The molecule has 0 fully saturated rings. The standard InChI is InChI=1S/C27H30O8/c1-3-20-21(9-10-35-15-19(30)14-28)26(24(32)13-23(20)31)27(33)17-7-8-25(34-2)22(12-17)16-5-4-6-18(29)11-16/h4-8,11-13,19,28-32H,3,9-10,14-15H2,1-2H3. The van der Waals surface area contributed by atoms with Crippen LogP contribution < -0.4 is 4.74 Å². The van der Waals surface area contributed by atoms with E-state index in [1.807, 2.05) is 6.92 Å². The Morgan fingerprint density at radius 2 is 1.77 bits per heavy atom. The molecule has 0 aromatic heterocycles. The molecule has 0 saturated heterocycles. The van der Waals surface area contributed by atoms with Gasteiger partial charge in [-0.15, -0.1) is 0 Å². The van der Waals surface area contributed by atoms with Crippen molar-refractivity contribution in [1.82, 2.24) is 0 Å². The van der Waals surface area contributed by atoms with Gasteiger partial charge in [-0.2, -0.15) is 0 Å². The van der Waals surface area contributed by atoms with Gasteiger partial charge in [0.1, 0.15) is 29.1 Å². The molecule has 3 aromatic carbocycles. The van der Waals surface area contributed by atoms with Crippen LogP contribution in [0.1, 0.15) is 34.0 Å². The molecule has 186 valence electrons. The lowest BCUT2D eigenvalue weighted by atomic mass is 9.89. The molecule has 1 unspecified atom stereocenters. The number of hydrogen-bond donors (Lipinski definition) is 5. The number of rotatable bonds is 11. The van der Waals surface area contributed by atoms with Crippen LogP contribution in [-0.2, 0) is 17.6 Å². The Balaban J connectivity index is 2.04. The zero-order chi connectivity index (χ0) is 25.5. The first-order valence-corrected chi connectivity index (χ1v) is 11.3. The van der Waals surface area contributed by atoms with Crippen LogP contribution >= 0.6 is 0 Å². The van der Waals surface area contributed by atoms with Crippen LogP contribution in [0.3, 0.4) is 0 Å². The van der Waals surface area contributed by atoms with E-state index in [0.29, 0.717) is 34.4 Å². The lowest BCUT2D eigenvalue weighted by Crippen LogP contribution is -2.20. The Hall–Kier alpha value is -3.59. The third kappa shape index (κ3) is 5.92. The van der Waals surface area contributed by atoms with E-state index >= 15 is 0 Å². The van der Waals surface area contributed by atoms with Crippen molar-refractivity contribution < 1.29 is 39.8 Å². The summed E-state index contributed by atoms with van der Waals surface area (Å²) in [5, 5.41) is 49.4. The molecule has 3 aromatic rings. The number of benzene rings is 3. The third-order valence-corrected chi connectivity index (χ3v) is 5.72. The number of aliphatic hydroxyl groups excluding tert-OH is 2. The summed E-state index contributed by atoms with van der Waals surface area (Å²) in [6, 6.07) is 12.6. The normalized spacial score (nSPS) is 11.9. The second kappa shape index (κ2) is 11.7. The van der Waals surface area contributed by atoms with E-state index in [9.17, 15) is 25.2 Å². The van der Waals surface area contributed by atoms with Crippen LogP contribution in [0, 0.1) is 0 Å². The molecular weight excluding hydrogens is 452 g/mol. The van der Waals surface area contributed by atoms with Crippen molar-refractivity contribution in [1.29, 1.82) is 0 Å². The van der Waals surface area contributed by atoms with Crippen molar-refractivity contribution in [2.45, 2.75) is 25.9 Å². The second-order valence-corrected chi connectivity index (χ2v) is 8.06. The van der Waals surface area contributed by atoms with Crippen molar-refractivity contribution in [2.75, 3.05) is 26.9 Å². The molecule has 0 amide bonds. The van der Waals surface area contributed by atoms with Gasteiger partial charge in [0.25, 0.3) is 0 Å². The van der Waals surface area contributed by atoms with Crippen LogP contribution in [0.2, 0.25) is 0 Å². The van der Waals surface area contributed by atoms with Gasteiger partial charge in [-0.3, -0.25) is 4.79 Å². The number of carbonyl (C=O) groups excluding carboxylic acids is 1.